The summed E-state index contributed by atoms with van der Waals surface area (Å²) in [5.41, 5.74) is 8.12. The van der Waals surface area contributed by atoms with E-state index in [-0.39, 0.29) is 23.0 Å². The predicted molar refractivity (Wildman–Crippen MR) is 208 cm³/mol. The lowest BCUT2D eigenvalue weighted by Gasteiger charge is -2.30. The fourth-order valence-electron chi connectivity index (χ4n) is 8.67. The Kier molecular flexibility index (Phi) is 8.66. The highest BCUT2D eigenvalue weighted by molar-refractivity contribution is 5.95. The smallest absolute Gasteiger partial charge is 0.431 e. The van der Waals surface area contributed by atoms with Crippen molar-refractivity contribution >= 4 is 39.1 Å². The number of hydrogen-bond acceptors (Lipinski definition) is 5. The molecule has 5 nitrogen and oxygen atoms in total. The summed E-state index contributed by atoms with van der Waals surface area (Å²) in [4.78, 5) is 17.9. The van der Waals surface area contributed by atoms with Crippen LogP contribution < -0.4 is 9.80 Å². The SMILES string of the molecule is CCC(C)OC(=O)OC1=C(/C=C/C2N(C)c3ccc4ccccc4c3C2(C)C)CCC/C1=C\C=C1\N(C)c2ccc3ccccc3c2C1(C)C. The van der Waals surface area contributed by atoms with Crippen molar-refractivity contribution in [1.82, 2.24) is 0 Å². The van der Waals surface area contributed by atoms with Gasteiger partial charge in [0.05, 0.1) is 6.04 Å². The third kappa shape index (κ3) is 5.61. The van der Waals surface area contributed by atoms with Crippen LogP contribution in [0.1, 0.15) is 78.4 Å². The van der Waals surface area contributed by atoms with E-state index in [2.05, 4.69) is 149 Å². The molecule has 0 saturated heterocycles. The third-order valence-electron chi connectivity index (χ3n) is 11.4. The van der Waals surface area contributed by atoms with Gasteiger partial charge in [-0.3, -0.25) is 0 Å². The molecule has 0 radical (unpaired) electrons. The quantitative estimate of drug-likeness (QED) is 0.192. The van der Waals surface area contributed by atoms with Gasteiger partial charge >= 0.3 is 6.16 Å². The number of ether oxygens (including phenoxy) is 2. The maximum absolute atomic E-state index is 13.2. The van der Waals surface area contributed by atoms with Crippen molar-refractivity contribution in [2.45, 2.75) is 90.2 Å². The van der Waals surface area contributed by atoms with E-state index < -0.39 is 6.16 Å². The molecule has 7 rings (SSSR count). The van der Waals surface area contributed by atoms with E-state index in [1.165, 1.54) is 49.7 Å². The van der Waals surface area contributed by atoms with Crippen LogP contribution >= 0.6 is 0 Å². The second kappa shape index (κ2) is 12.8. The van der Waals surface area contributed by atoms with Crippen molar-refractivity contribution in [1.29, 1.82) is 0 Å². The lowest BCUT2D eigenvalue weighted by atomic mass is 9.78. The summed E-state index contributed by atoms with van der Waals surface area (Å²) in [5, 5.41) is 5.11. The minimum atomic E-state index is -0.643. The van der Waals surface area contributed by atoms with Gasteiger partial charge in [-0.15, -0.1) is 0 Å². The van der Waals surface area contributed by atoms with Crippen molar-refractivity contribution in [3.8, 4) is 0 Å². The van der Waals surface area contributed by atoms with E-state index >= 15 is 0 Å². The van der Waals surface area contributed by atoms with Gasteiger partial charge in [-0.05, 0) is 94.6 Å². The molecule has 0 fully saturated rings. The molecule has 3 aliphatic rings. The molecule has 258 valence electrons. The summed E-state index contributed by atoms with van der Waals surface area (Å²) in [6.07, 6.45) is 11.4. The monoisotopic (exact) mass is 666 g/mol. The Morgan fingerprint density at radius 2 is 1.50 bits per heavy atom. The zero-order chi connectivity index (χ0) is 35.4. The summed E-state index contributed by atoms with van der Waals surface area (Å²) in [6, 6.07) is 26.4. The number of carbonyl (C=O) groups is 1. The Morgan fingerprint density at radius 1 is 0.860 bits per heavy atom. The molecule has 0 spiro atoms. The maximum Gasteiger partial charge on any atom is 0.514 e. The average Bonchev–Trinajstić information content (AvgIpc) is 3.43. The molecule has 50 heavy (non-hydrogen) atoms. The molecule has 2 heterocycles. The summed E-state index contributed by atoms with van der Waals surface area (Å²) < 4.78 is 11.8. The van der Waals surface area contributed by atoms with Crippen LogP contribution in [0.3, 0.4) is 0 Å². The largest absolute Gasteiger partial charge is 0.514 e. The van der Waals surface area contributed by atoms with E-state index in [0.717, 1.165) is 36.8 Å². The first-order chi connectivity index (χ1) is 23.9. The fourth-order valence-corrected chi connectivity index (χ4v) is 8.67. The first-order valence-electron chi connectivity index (χ1n) is 18.2. The average molecular weight is 667 g/mol. The van der Waals surface area contributed by atoms with E-state index in [0.29, 0.717) is 5.76 Å². The van der Waals surface area contributed by atoms with E-state index in [1.807, 2.05) is 13.8 Å². The molecule has 2 unspecified atom stereocenters. The number of benzene rings is 4. The molecule has 1 aliphatic carbocycles. The summed E-state index contributed by atoms with van der Waals surface area (Å²) >= 11 is 0. The molecule has 0 aromatic heterocycles. The Labute approximate surface area is 297 Å². The Bertz CT molecular complexity index is 2110. The Balaban J connectivity index is 1.27. The zero-order valence-corrected chi connectivity index (χ0v) is 30.8. The number of fused-ring (bicyclic) bond motifs is 6. The number of anilines is 2. The predicted octanol–water partition coefficient (Wildman–Crippen LogP) is 11.3. The van der Waals surface area contributed by atoms with E-state index in [4.69, 9.17) is 9.47 Å². The van der Waals surface area contributed by atoms with Gasteiger partial charge < -0.3 is 19.3 Å². The minimum absolute atomic E-state index is 0.127. The number of rotatable bonds is 6. The molecular weight excluding hydrogens is 617 g/mol. The van der Waals surface area contributed by atoms with Crippen LogP contribution in [-0.2, 0) is 20.3 Å². The second-order valence-corrected chi connectivity index (χ2v) is 15.3. The van der Waals surface area contributed by atoms with Gasteiger partial charge in [0.25, 0.3) is 0 Å². The van der Waals surface area contributed by atoms with Gasteiger partial charge in [-0.1, -0.05) is 114 Å². The zero-order valence-electron chi connectivity index (χ0n) is 30.8. The Morgan fingerprint density at radius 3 is 2.18 bits per heavy atom. The van der Waals surface area contributed by atoms with Gasteiger partial charge in [0.15, 0.2) is 0 Å². The Hall–Kier alpha value is -4.77. The van der Waals surface area contributed by atoms with Crippen molar-refractivity contribution in [3.05, 3.63) is 131 Å². The maximum atomic E-state index is 13.2. The molecule has 4 aromatic rings. The van der Waals surface area contributed by atoms with Crippen molar-refractivity contribution < 1.29 is 14.3 Å². The number of nitrogens with zero attached hydrogens (tertiary/aromatic N) is 2. The second-order valence-electron chi connectivity index (χ2n) is 15.3. The molecule has 0 saturated carbocycles. The third-order valence-corrected chi connectivity index (χ3v) is 11.4. The van der Waals surface area contributed by atoms with Crippen LogP contribution in [0.4, 0.5) is 16.2 Å². The molecule has 0 bridgehead atoms. The van der Waals surface area contributed by atoms with E-state index in [9.17, 15) is 4.79 Å². The number of hydrogen-bond donors (Lipinski definition) is 0. The first-order valence-corrected chi connectivity index (χ1v) is 18.2. The van der Waals surface area contributed by atoms with Crippen LogP contribution in [0.15, 0.2) is 120 Å². The molecule has 2 atom stereocenters. The van der Waals surface area contributed by atoms with Gasteiger partial charge in [0.1, 0.15) is 11.9 Å². The highest BCUT2D eigenvalue weighted by Crippen LogP contribution is 2.51. The lowest BCUT2D eigenvalue weighted by molar-refractivity contribution is 0.0462. The highest BCUT2D eigenvalue weighted by Gasteiger charge is 2.43. The topological polar surface area (TPSA) is 42.0 Å². The van der Waals surface area contributed by atoms with Crippen molar-refractivity contribution in [3.63, 3.8) is 0 Å². The minimum Gasteiger partial charge on any atom is -0.431 e. The standard InChI is InChI=1S/C45H50N2O3/c1-9-29(2)49-43(48)50-42-32(23-27-38-44(3,4)40-34-19-12-10-15-30(34)21-25-36(40)46(38)7)17-14-18-33(42)24-28-39-45(5,6)41-35-20-13-11-16-31(35)22-26-37(41)47(39)8/h10-13,15-16,19-29,38H,9,14,17-18H2,1-8H3/b27-23+,33-24+,39-28+. The molecular formula is C45H50N2O3. The summed E-state index contributed by atoms with van der Waals surface area (Å²) in [6.45, 7) is 13.2. The number of allylic oxidation sites excluding steroid dienone is 6. The molecule has 2 aliphatic heterocycles. The molecule has 5 heteroatoms. The van der Waals surface area contributed by atoms with Gasteiger partial charge in [0, 0.05) is 42.0 Å². The molecule has 0 N–H and O–H groups in total. The van der Waals surface area contributed by atoms with E-state index in [1.54, 1.807) is 0 Å². The number of carbonyl (C=O) groups excluding carboxylic acids is 1. The molecule has 4 aromatic carbocycles. The van der Waals surface area contributed by atoms with Crippen LogP contribution in [0.5, 0.6) is 0 Å². The van der Waals surface area contributed by atoms with Crippen molar-refractivity contribution in [2.75, 3.05) is 23.9 Å². The van der Waals surface area contributed by atoms with Crippen LogP contribution in [-0.4, -0.2) is 32.4 Å². The normalized spacial score (nSPS) is 21.8. The summed E-state index contributed by atoms with van der Waals surface area (Å²) in [5.74, 6) is 0.625. The lowest BCUT2D eigenvalue weighted by Crippen LogP contribution is -2.37. The summed E-state index contributed by atoms with van der Waals surface area (Å²) in [7, 11) is 4.34. The van der Waals surface area contributed by atoms with Crippen LogP contribution in [0.2, 0.25) is 0 Å². The molecule has 0 amide bonds. The van der Waals surface area contributed by atoms with Gasteiger partial charge in [0.2, 0.25) is 0 Å². The highest BCUT2D eigenvalue weighted by atomic mass is 16.7. The van der Waals surface area contributed by atoms with Crippen LogP contribution in [0, 0.1) is 0 Å². The number of likely N-dealkylation sites (N-methyl/N-ethyl adjacent to an activating group) is 2. The first kappa shape index (κ1) is 33.7. The van der Waals surface area contributed by atoms with Crippen molar-refractivity contribution in [2.24, 2.45) is 0 Å². The fraction of sp³-hybridized carbons (Fsp3) is 0.356. The van der Waals surface area contributed by atoms with Gasteiger partial charge in [-0.2, -0.15) is 0 Å². The van der Waals surface area contributed by atoms with Gasteiger partial charge in [-0.25, -0.2) is 4.79 Å². The van der Waals surface area contributed by atoms with Crippen LogP contribution in [0.25, 0.3) is 21.5 Å².